The molecule has 0 bridgehead atoms. The van der Waals surface area contributed by atoms with Crippen LogP contribution in [0.4, 0.5) is 14.5 Å². The fourth-order valence-electron chi connectivity index (χ4n) is 6.13. The van der Waals surface area contributed by atoms with Gasteiger partial charge in [-0.1, -0.05) is 29.8 Å². The summed E-state index contributed by atoms with van der Waals surface area (Å²) in [6.07, 6.45) is 1.10. The number of aromatic nitrogens is 2. The van der Waals surface area contributed by atoms with E-state index in [0.29, 0.717) is 38.2 Å². The van der Waals surface area contributed by atoms with Gasteiger partial charge in [0.25, 0.3) is 18.2 Å². The number of pyridine rings is 1. The number of para-hydroxylation sites is 1. The minimum Gasteiger partial charge on any atom is -0.349 e. The molecule has 1 N–H and O–H groups in total. The average Bonchev–Trinajstić information content (AvgIpc) is 3.54. The fraction of sp³-hybridized carbons (Fsp3) is 0.393. The van der Waals surface area contributed by atoms with E-state index in [0.717, 1.165) is 30.3 Å². The van der Waals surface area contributed by atoms with E-state index in [9.17, 15) is 23.2 Å². The molecule has 12 heteroatoms. The quantitative estimate of drug-likeness (QED) is 0.446. The largest absolute Gasteiger partial charge is 0.349 e. The van der Waals surface area contributed by atoms with Crippen molar-refractivity contribution in [1.82, 2.24) is 20.2 Å². The van der Waals surface area contributed by atoms with Crippen LogP contribution in [-0.2, 0) is 10.2 Å². The number of likely N-dealkylation sites (tertiary alicyclic amines) is 1. The summed E-state index contributed by atoms with van der Waals surface area (Å²) in [7, 11) is 0. The van der Waals surface area contributed by atoms with Crippen LogP contribution in [0.15, 0.2) is 47.4 Å². The van der Waals surface area contributed by atoms with Crippen LogP contribution in [-0.4, -0.2) is 58.3 Å². The van der Waals surface area contributed by atoms with Crippen molar-refractivity contribution >= 4 is 46.3 Å². The van der Waals surface area contributed by atoms with Gasteiger partial charge in [0.15, 0.2) is 0 Å². The second-order valence-electron chi connectivity index (χ2n) is 10.6. The van der Waals surface area contributed by atoms with Crippen LogP contribution in [0.3, 0.4) is 0 Å². The zero-order chi connectivity index (χ0) is 28.0. The summed E-state index contributed by atoms with van der Waals surface area (Å²) in [5, 5.41) is 4.70. The summed E-state index contributed by atoms with van der Waals surface area (Å²) in [5.41, 5.74) is 2.33. The highest BCUT2D eigenvalue weighted by Gasteiger charge is 2.59. The van der Waals surface area contributed by atoms with Crippen LogP contribution in [0, 0.1) is 5.92 Å². The minimum atomic E-state index is -2.88. The van der Waals surface area contributed by atoms with E-state index in [4.69, 9.17) is 11.6 Å². The summed E-state index contributed by atoms with van der Waals surface area (Å²) in [6, 6.07) is 8.82. The van der Waals surface area contributed by atoms with Gasteiger partial charge in [-0.15, -0.1) is 11.3 Å². The molecule has 0 unspecified atom stereocenters. The third-order valence-corrected chi connectivity index (χ3v) is 8.98. The number of rotatable bonds is 6. The summed E-state index contributed by atoms with van der Waals surface area (Å²) in [5.74, 6) is -0.539. The Balaban J connectivity index is 1.09. The number of alkyl halides is 2. The van der Waals surface area contributed by atoms with Crippen LogP contribution >= 0.6 is 22.9 Å². The van der Waals surface area contributed by atoms with Crippen LogP contribution in [0.1, 0.15) is 64.2 Å². The lowest BCUT2D eigenvalue weighted by molar-refractivity contribution is -0.128. The lowest BCUT2D eigenvalue weighted by atomic mass is 9.74. The van der Waals surface area contributed by atoms with Gasteiger partial charge in [0.2, 0.25) is 5.91 Å². The Morgan fingerprint density at radius 3 is 2.60 bits per heavy atom. The number of amides is 3. The second kappa shape index (κ2) is 10.5. The first kappa shape index (κ1) is 26.8. The van der Waals surface area contributed by atoms with Crippen LogP contribution in [0.2, 0.25) is 5.02 Å². The Hall–Kier alpha value is -3.44. The maximum absolute atomic E-state index is 13.8. The van der Waals surface area contributed by atoms with Gasteiger partial charge in [0, 0.05) is 42.9 Å². The van der Waals surface area contributed by atoms with Crippen molar-refractivity contribution in [2.24, 2.45) is 5.92 Å². The molecule has 2 fully saturated rings. The van der Waals surface area contributed by atoms with Gasteiger partial charge in [0.05, 0.1) is 16.1 Å². The predicted octanol–water partition coefficient (Wildman–Crippen LogP) is 4.86. The molecule has 4 heterocycles. The van der Waals surface area contributed by atoms with E-state index in [1.165, 1.54) is 17.4 Å². The number of thiazole rings is 1. The maximum atomic E-state index is 13.8. The molecule has 0 atom stereocenters. The third kappa shape index (κ3) is 4.64. The van der Waals surface area contributed by atoms with Gasteiger partial charge in [-0.2, -0.15) is 0 Å². The molecule has 1 aromatic carbocycles. The smallest absolute Gasteiger partial charge is 0.281 e. The molecule has 3 aliphatic rings. The molecule has 6 rings (SSSR count). The Bertz CT molecular complexity index is 1460. The van der Waals surface area contributed by atoms with Crippen LogP contribution < -0.4 is 10.2 Å². The minimum absolute atomic E-state index is 0.0134. The van der Waals surface area contributed by atoms with Crippen molar-refractivity contribution in [3.63, 3.8) is 0 Å². The van der Waals surface area contributed by atoms with Crippen LogP contribution in [0.5, 0.6) is 0 Å². The van der Waals surface area contributed by atoms with E-state index in [1.807, 2.05) is 29.2 Å². The van der Waals surface area contributed by atoms with Gasteiger partial charge < -0.3 is 15.1 Å². The molecule has 208 valence electrons. The number of halogens is 3. The second-order valence-corrected chi connectivity index (χ2v) is 11.8. The van der Waals surface area contributed by atoms with Crippen molar-refractivity contribution in [3.8, 4) is 0 Å². The van der Waals surface area contributed by atoms with Gasteiger partial charge >= 0.3 is 0 Å². The molecule has 40 heavy (non-hydrogen) atoms. The van der Waals surface area contributed by atoms with Crippen LogP contribution in [0.25, 0.3) is 0 Å². The topological polar surface area (TPSA) is 95.5 Å². The molecular formula is C28H26ClF2N5O3S. The molecular weight excluding hydrogens is 560 g/mol. The molecule has 1 saturated heterocycles. The molecule has 2 aromatic heterocycles. The molecule has 3 aromatic rings. The third-order valence-electron chi connectivity index (χ3n) is 8.18. The number of carbonyl (C=O) groups is 3. The number of anilines is 1. The first-order chi connectivity index (χ1) is 19.3. The molecule has 1 aliphatic carbocycles. The van der Waals surface area contributed by atoms with Gasteiger partial charge in [0.1, 0.15) is 16.8 Å². The van der Waals surface area contributed by atoms with Crippen molar-refractivity contribution in [3.05, 3.63) is 75.0 Å². The number of hydrogen-bond donors (Lipinski definition) is 1. The van der Waals surface area contributed by atoms with E-state index in [1.54, 1.807) is 15.8 Å². The highest BCUT2D eigenvalue weighted by atomic mass is 35.5. The van der Waals surface area contributed by atoms with E-state index in [2.05, 4.69) is 15.3 Å². The standard InChI is InChI=1S/C28H26ClF2N5O3S/c29-17-9-19(23(24(30)31)32-10-17)25(37)34-18-7-5-16(6-8-18)11-36-22-4-2-1-3-20(22)28(27(36)39)13-35(14-28)26(38)21-12-40-15-33-21/h1-4,9-10,12,15-16,18,24H,5-8,11,13-14H2,(H,34,37)/t16-,18-. The van der Waals surface area contributed by atoms with Crippen molar-refractivity contribution < 1.29 is 23.2 Å². The average molecular weight is 586 g/mol. The summed E-state index contributed by atoms with van der Waals surface area (Å²) in [6.45, 7) is 1.20. The Labute approximate surface area is 238 Å². The number of benzene rings is 1. The molecule has 1 saturated carbocycles. The lowest BCUT2D eigenvalue weighted by Crippen LogP contribution is -2.65. The monoisotopic (exact) mass is 585 g/mol. The summed E-state index contributed by atoms with van der Waals surface area (Å²) >= 11 is 7.26. The molecule has 1 spiro atoms. The Morgan fingerprint density at radius 1 is 1.15 bits per heavy atom. The number of hydrogen-bond acceptors (Lipinski definition) is 6. The Kier molecular flexibility index (Phi) is 7.03. The summed E-state index contributed by atoms with van der Waals surface area (Å²) < 4.78 is 26.7. The van der Waals surface area contributed by atoms with Crippen molar-refractivity contribution in [2.45, 2.75) is 43.6 Å². The van der Waals surface area contributed by atoms with Crippen molar-refractivity contribution in [1.29, 1.82) is 0 Å². The number of fused-ring (bicyclic) bond motifs is 2. The highest BCUT2D eigenvalue weighted by molar-refractivity contribution is 7.07. The first-order valence-corrected chi connectivity index (χ1v) is 14.4. The van der Waals surface area contributed by atoms with E-state index < -0.39 is 23.4 Å². The normalized spacial score (nSPS) is 21.4. The summed E-state index contributed by atoms with van der Waals surface area (Å²) in [4.78, 5) is 50.6. The molecule has 0 radical (unpaired) electrons. The number of nitrogens with one attached hydrogen (secondary N) is 1. The number of nitrogens with zero attached hydrogens (tertiary/aromatic N) is 4. The van der Waals surface area contributed by atoms with Crippen molar-refractivity contribution in [2.75, 3.05) is 24.5 Å². The van der Waals surface area contributed by atoms with Gasteiger partial charge in [-0.05, 0) is 49.3 Å². The van der Waals surface area contributed by atoms with E-state index in [-0.39, 0.29) is 34.4 Å². The predicted molar refractivity (Wildman–Crippen MR) is 146 cm³/mol. The van der Waals surface area contributed by atoms with Gasteiger partial charge in [-0.25, -0.2) is 13.8 Å². The molecule has 2 aliphatic heterocycles. The SMILES string of the molecule is O=C(N[C@H]1CC[C@H](CN2C(=O)C3(CN(C(=O)c4cscn4)C3)c3ccccc32)CC1)c1cc(Cl)cnc1C(F)F. The maximum Gasteiger partial charge on any atom is 0.281 e. The first-order valence-electron chi connectivity index (χ1n) is 13.1. The zero-order valence-electron chi connectivity index (χ0n) is 21.4. The Morgan fingerprint density at radius 2 is 1.90 bits per heavy atom. The highest BCUT2D eigenvalue weighted by Crippen LogP contribution is 2.48. The fourth-order valence-corrected chi connectivity index (χ4v) is 6.81. The van der Waals surface area contributed by atoms with Gasteiger partial charge in [-0.3, -0.25) is 19.4 Å². The molecule has 8 nitrogen and oxygen atoms in total. The molecule has 3 amide bonds. The van der Waals surface area contributed by atoms with E-state index >= 15 is 0 Å². The number of carbonyl (C=O) groups excluding carboxylic acids is 3. The lowest BCUT2D eigenvalue weighted by Gasteiger charge is -2.46. The zero-order valence-corrected chi connectivity index (χ0v) is 22.9.